The van der Waals surface area contributed by atoms with Crippen LogP contribution in [0.5, 0.6) is 0 Å². The maximum absolute atomic E-state index is 12.2. The molecule has 152 valence electrons. The van der Waals surface area contributed by atoms with Gasteiger partial charge in [0, 0.05) is 12.0 Å². The van der Waals surface area contributed by atoms with Crippen molar-refractivity contribution in [2.45, 2.75) is 53.1 Å². The third kappa shape index (κ3) is 5.61. The number of methoxy groups -OCH3 is 1. The lowest BCUT2D eigenvalue weighted by Gasteiger charge is -2.39. The Morgan fingerprint density at radius 1 is 1.33 bits per heavy atom. The molecule has 2 aliphatic heterocycles. The van der Waals surface area contributed by atoms with Crippen molar-refractivity contribution in [2.24, 2.45) is 11.3 Å². The summed E-state index contributed by atoms with van der Waals surface area (Å²) in [7, 11) is 1.64. The van der Waals surface area contributed by atoms with Crippen molar-refractivity contribution in [1.29, 1.82) is 0 Å². The van der Waals surface area contributed by atoms with Gasteiger partial charge in [0.2, 0.25) is 0 Å². The van der Waals surface area contributed by atoms with Crippen LogP contribution in [0.2, 0.25) is 0 Å². The van der Waals surface area contributed by atoms with Crippen LogP contribution in [0.25, 0.3) is 0 Å². The van der Waals surface area contributed by atoms with Gasteiger partial charge in [0.1, 0.15) is 11.4 Å². The van der Waals surface area contributed by atoms with Crippen LogP contribution in [0, 0.1) is 11.3 Å². The van der Waals surface area contributed by atoms with Gasteiger partial charge in [-0.05, 0) is 71.4 Å². The summed E-state index contributed by atoms with van der Waals surface area (Å²) < 4.78 is 16.5. The number of allylic oxidation sites excluding steroid dienone is 4. The van der Waals surface area contributed by atoms with Crippen LogP contribution in [0.15, 0.2) is 35.8 Å². The molecule has 0 saturated carbocycles. The van der Waals surface area contributed by atoms with Gasteiger partial charge in [-0.15, -0.1) is 0 Å². The Morgan fingerprint density at radius 2 is 2.00 bits per heavy atom. The van der Waals surface area contributed by atoms with Crippen molar-refractivity contribution in [1.82, 2.24) is 4.90 Å². The molecular formula is C22H35NO4. The second-order valence-corrected chi connectivity index (χ2v) is 8.60. The summed E-state index contributed by atoms with van der Waals surface area (Å²) in [6, 6.07) is 0. The van der Waals surface area contributed by atoms with Gasteiger partial charge < -0.3 is 19.1 Å². The van der Waals surface area contributed by atoms with E-state index in [1.54, 1.807) is 13.4 Å². The summed E-state index contributed by atoms with van der Waals surface area (Å²) in [6.07, 6.45) is 9.76. The van der Waals surface area contributed by atoms with Crippen molar-refractivity contribution < 1.29 is 19.0 Å². The number of rotatable bonds is 5. The average molecular weight is 378 g/mol. The predicted molar refractivity (Wildman–Crippen MR) is 107 cm³/mol. The fraction of sp³-hybridized carbons (Fsp3) is 0.682. The Hall–Kier alpha value is -1.75. The average Bonchev–Trinajstić information content (AvgIpc) is 2.93. The van der Waals surface area contributed by atoms with Crippen molar-refractivity contribution in [3.8, 4) is 0 Å². The number of hydrogen-bond donors (Lipinski definition) is 0. The maximum atomic E-state index is 12.2. The molecule has 0 aromatic heterocycles. The number of carbonyl (C=O) groups excluding carboxylic acids is 1. The molecule has 0 radical (unpaired) electrons. The minimum absolute atomic E-state index is 0.0904. The molecule has 0 N–H and O–H groups in total. The zero-order chi connectivity index (χ0) is 20.1. The molecule has 1 unspecified atom stereocenters. The van der Waals surface area contributed by atoms with Gasteiger partial charge in [-0.1, -0.05) is 13.0 Å². The van der Waals surface area contributed by atoms with Crippen molar-refractivity contribution >= 4 is 5.97 Å². The SMILES string of the molecule is CC=C1/C(=C\C=C\OC)OCC12CCN(CC(C)C(=O)OC(C)(C)C)CC2. The van der Waals surface area contributed by atoms with E-state index in [2.05, 4.69) is 17.9 Å². The normalized spacial score (nSPS) is 24.5. The molecule has 0 aromatic carbocycles. The van der Waals surface area contributed by atoms with E-state index >= 15 is 0 Å². The summed E-state index contributed by atoms with van der Waals surface area (Å²) in [5, 5.41) is 0. The molecule has 5 nitrogen and oxygen atoms in total. The molecule has 1 spiro atoms. The lowest BCUT2D eigenvalue weighted by molar-refractivity contribution is -0.160. The smallest absolute Gasteiger partial charge is 0.310 e. The number of hydrogen-bond acceptors (Lipinski definition) is 5. The second kappa shape index (κ2) is 8.96. The van der Waals surface area contributed by atoms with Crippen LogP contribution < -0.4 is 0 Å². The minimum atomic E-state index is -0.431. The summed E-state index contributed by atoms with van der Waals surface area (Å²) in [6.45, 7) is 13.2. The molecule has 1 atom stereocenters. The topological polar surface area (TPSA) is 48.0 Å². The predicted octanol–water partition coefficient (Wildman–Crippen LogP) is 4.07. The molecule has 2 rings (SSSR count). The molecule has 0 aromatic rings. The highest BCUT2D eigenvalue weighted by atomic mass is 16.6. The van der Waals surface area contributed by atoms with Crippen LogP contribution in [0.1, 0.15) is 47.5 Å². The molecular weight excluding hydrogens is 342 g/mol. The van der Waals surface area contributed by atoms with E-state index < -0.39 is 5.60 Å². The molecule has 2 saturated heterocycles. The summed E-state index contributed by atoms with van der Waals surface area (Å²) in [4.78, 5) is 14.6. The Bertz CT molecular complexity index is 604. The Labute approximate surface area is 164 Å². The van der Waals surface area contributed by atoms with Gasteiger partial charge in [0.15, 0.2) is 0 Å². The first-order chi connectivity index (χ1) is 12.7. The van der Waals surface area contributed by atoms with Crippen LogP contribution in [-0.2, 0) is 19.0 Å². The Morgan fingerprint density at radius 3 is 2.56 bits per heavy atom. The second-order valence-electron chi connectivity index (χ2n) is 8.60. The number of nitrogens with zero attached hydrogens (tertiary/aromatic N) is 1. The highest BCUT2D eigenvalue weighted by Crippen LogP contribution is 2.48. The van der Waals surface area contributed by atoms with Gasteiger partial charge in [-0.2, -0.15) is 0 Å². The Balaban J connectivity index is 1.93. The van der Waals surface area contributed by atoms with Gasteiger partial charge in [0.05, 0.1) is 25.9 Å². The summed E-state index contributed by atoms with van der Waals surface area (Å²) >= 11 is 0. The number of carbonyl (C=O) groups is 1. The van der Waals surface area contributed by atoms with Crippen molar-refractivity contribution in [2.75, 3.05) is 33.4 Å². The summed E-state index contributed by atoms with van der Waals surface area (Å²) in [5.74, 6) is 0.714. The van der Waals surface area contributed by atoms with E-state index in [0.29, 0.717) is 0 Å². The molecule has 0 aliphatic carbocycles. The van der Waals surface area contributed by atoms with Crippen molar-refractivity contribution in [3.05, 3.63) is 35.8 Å². The quantitative estimate of drug-likeness (QED) is 0.534. The monoisotopic (exact) mass is 377 g/mol. The zero-order valence-corrected chi connectivity index (χ0v) is 17.7. The minimum Gasteiger partial charge on any atom is -0.504 e. The molecule has 0 amide bonds. The first-order valence-corrected chi connectivity index (χ1v) is 9.85. The maximum Gasteiger partial charge on any atom is 0.310 e. The summed E-state index contributed by atoms with van der Waals surface area (Å²) in [5.41, 5.74) is 0.954. The molecule has 2 aliphatic rings. The van der Waals surface area contributed by atoms with Crippen LogP contribution >= 0.6 is 0 Å². The van der Waals surface area contributed by atoms with Crippen LogP contribution in [0.4, 0.5) is 0 Å². The van der Waals surface area contributed by atoms with E-state index in [-0.39, 0.29) is 17.3 Å². The lowest BCUT2D eigenvalue weighted by atomic mass is 9.73. The molecule has 2 heterocycles. The van der Waals surface area contributed by atoms with Gasteiger partial charge >= 0.3 is 5.97 Å². The van der Waals surface area contributed by atoms with E-state index in [1.807, 2.05) is 39.8 Å². The van der Waals surface area contributed by atoms with Crippen LogP contribution in [-0.4, -0.2) is 49.8 Å². The molecule has 2 fully saturated rings. The molecule has 0 bridgehead atoms. The fourth-order valence-electron chi connectivity index (χ4n) is 3.87. The van der Waals surface area contributed by atoms with E-state index in [1.165, 1.54) is 5.57 Å². The standard InChI is InChI=1S/C22H35NO4/c1-7-18-19(9-8-14-25-6)26-16-22(18)10-12-23(13-11-22)15-17(2)20(24)27-21(3,4)5/h7-9,14,17H,10-13,15-16H2,1-6H3/b14-8+,18-7?,19-9+. The van der Waals surface area contributed by atoms with E-state index in [9.17, 15) is 4.79 Å². The van der Waals surface area contributed by atoms with Crippen molar-refractivity contribution in [3.63, 3.8) is 0 Å². The Kier molecular flexibility index (Phi) is 7.15. The van der Waals surface area contributed by atoms with Gasteiger partial charge in [-0.3, -0.25) is 4.79 Å². The van der Waals surface area contributed by atoms with E-state index in [4.69, 9.17) is 14.2 Å². The first-order valence-electron chi connectivity index (χ1n) is 9.85. The van der Waals surface area contributed by atoms with Crippen LogP contribution in [0.3, 0.4) is 0 Å². The number of ether oxygens (including phenoxy) is 3. The highest BCUT2D eigenvalue weighted by molar-refractivity contribution is 5.72. The third-order valence-electron chi connectivity index (χ3n) is 5.25. The van der Waals surface area contributed by atoms with Gasteiger partial charge in [0.25, 0.3) is 0 Å². The fourth-order valence-corrected chi connectivity index (χ4v) is 3.87. The highest BCUT2D eigenvalue weighted by Gasteiger charge is 2.44. The number of likely N-dealkylation sites (tertiary alicyclic amines) is 1. The van der Waals surface area contributed by atoms with Gasteiger partial charge in [-0.25, -0.2) is 0 Å². The molecule has 5 heteroatoms. The zero-order valence-electron chi connectivity index (χ0n) is 17.7. The lowest BCUT2D eigenvalue weighted by Crippen LogP contribution is -2.44. The van der Waals surface area contributed by atoms with E-state index in [0.717, 1.165) is 44.8 Å². The largest absolute Gasteiger partial charge is 0.504 e. The molecule has 27 heavy (non-hydrogen) atoms. The number of piperidine rings is 1. The first kappa shape index (κ1) is 21.5. The number of esters is 1. The third-order valence-corrected chi connectivity index (χ3v) is 5.25.